The number of nitrogens with zero attached hydrogens (tertiary/aromatic N) is 4. The molecule has 1 fully saturated rings. The number of aromatic nitrogens is 3. The van der Waals surface area contributed by atoms with Crippen molar-refractivity contribution in [1.29, 1.82) is 0 Å². The Morgan fingerprint density at radius 1 is 1.13 bits per heavy atom. The smallest absolute Gasteiger partial charge is 0.406 e. The van der Waals surface area contributed by atoms with Crippen LogP contribution in [0.1, 0.15) is 34.8 Å². The number of likely N-dealkylation sites (tertiary alicyclic amines) is 1. The average molecular weight is 417 g/mol. The summed E-state index contributed by atoms with van der Waals surface area (Å²) in [5.74, 6) is -0.650. The molecular weight excluding hydrogens is 399 g/mol. The highest BCUT2D eigenvalue weighted by molar-refractivity contribution is 5.99. The Hall–Kier alpha value is -3.43. The Balaban J connectivity index is 1.46. The number of ether oxygens (including phenoxy) is 1. The van der Waals surface area contributed by atoms with Crippen molar-refractivity contribution < 1.29 is 22.7 Å². The molecule has 1 aromatic carbocycles. The number of carbonyl (C=O) groups excluding carboxylic acids is 1. The van der Waals surface area contributed by atoms with E-state index >= 15 is 0 Å². The van der Waals surface area contributed by atoms with Crippen LogP contribution in [0.25, 0.3) is 11.0 Å². The lowest BCUT2D eigenvalue weighted by molar-refractivity contribution is -0.274. The van der Waals surface area contributed by atoms with E-state index in [1.807, 2.05) is 12.1 Å². The van der Waals surface area contributed by atoms with Gasteiger partial charge in [-0.15, -0.1) is 13.2 Å². The van der Waals surface area contributed by atoms with Gasteiger partial charge in [0.25, 0.3) is 5.91 Å². The van der Waals surface area contributed by atoms with Crippen LogP contribution in [0.5, 0.6) is 5.75 Å². The minimum atomic E-state index is -4.82. The van der Waals surface area contributed by atoms with Crippen LogP contribution in [0.2, 0.25) is 0 Å². The molecular formula is C20H18F3N5O2. The van der Waals surface area contributed by atoms with E-state index in [0.29, 0.717) is 25.9 Å². The van der Waals surface area contributed by atoms with Crippen molar-refractivity contribution >= 4 is 22.6 Å². The summed E-state index contributed by atoms with van der Waals surface area (Å²) in [5.41, 5.74) is 8.29. The summed E-state index contributed by atoms with van der Waals surface area (Å²) in [6, 6.07) is 7.04. The summed E-state index contributed by atoms with van der Waals surface area (Å²) in [7, 11) is 0. The lowest BCUT2D eigenvalue weighted by Crippen LogP contribution is -2.38. The molecule has 0 spiro atoms. The molecule has 30 heavy (non-hydrogen) atoms. The first kappa shape index (κ1) is 19.9. The fourth-order valence-corrected chi connectivity index (χ4v) is 3.67. The molecule has 1 amide bonds. The van der Waals surface area contributed by atoms with Crippen LogP contribution < -0.4 is 10.5 Å². The number of rotatable bonds is 3. The van der Waals surface area contributed by atoms with Crippen molar-refractivity contribution in [3.8, 4) is 5.75 Å². The molecule has 7 nitrogen and oxygen atoms in total. The van der Waals surface area contributed by atoms with Crippen LogP contribution in [-0.2, 0) is 0 Å². The van der Waals surface area contributed by atoms with Gasteiger partial charge in [-0.25, -0.2) is 9.97 Å². The van der Waals surface area contributed by atoms with Gasteiger partial charge in [-0.2, -0.15) is 0 Å². The molecule has 1 aliphatic heterocycles. The van der Waals surface area contributed by atoms with E-state index in [9.17, 15) is 18.0 Å². The molecule has 1 saturated heterocycles. The normalized spacial score (nSPS) is 15.4. The maximum Gasteiger partial charge on any atom is 0.573 e. The second-order valence-corrected chi connectivity index (χ2v) is 6.99. The van der Waals surface area contributed by atoms with Gasteiger partial charge in [0.2, 0.25) is 0 Å². The van der Waals surface area contributed by atoms with Crippen molar-refractivity contribution in [2.75, 3.05) is 18.8 Å². The van der Waals surface area contributed by atoms with Crippen LogP contribution in [0.4, 0.5) is 18.9 Å². The Morgan fingerprint density at radius 2 is 1.90 bits per heavy atom. The van der Waals surface area contributed by atoms with E-state index in [-0.39, 0.29) is 23.1 Å². The molecule has 0 atom stereocenters. The lowest BCUT2D eigenvalue weighted by atomic mass is 9.92. The summed E-state index contributed by atoms with van der Waals surface area (Å²) in [6.07, 6.45) is -0.238. The largest absolute Gasteiger partial charge is 0.573 e. The summed E-state index contributed by atoms with van der Waals surface area (Å²) >= 11 is 0. The molecule has 3 heterocycles. The van der Waals surface area contributed by atoms with Crippen molar-refractivity contribution in [3.63, 3.8) is 0 Å². The Morgan fingerprint density at radius 3 is 2.60 bits per heavy atom. The van der Waals surface area contributed by atoms with Gasteiger partial charge >= 0.3 is 6.36 Å². The van der Waals surface area contributed by atoms with Crippen LogP contribution >= 0.6 is 0 Å². The SMILES string of the molecule is Nc1cc(OC(F)(F)F)ccc1C(=O)N1CCC(c2ncnc3cccnc23)CC1. The van der Waals surface area contributed by atoms with Gasteiger partial charge in [0.05, 0.1) is 16.8 Å². The lowest BCUT2D eigenvalue weighted by Gasteiger charge is -2.32. The predicted molar refractivity (Wildman–Crippen MR) is 103 cm³/mol. The summed E-state index contributed by atoms with van der Waals surface area (Å²) in [5, 5.41) is 0. The molecule has 4 rings (SSSR count). The van der Waals surface area contributed by atoms with Gasteiger partial charge in [-0.1, -0.05) is 0 Å². The number of nitrogens with two attached hydrogens (primary N) is 1. The molecule has 10 heteroatoms. The van der Waals surface area contributed by atoms with Gasteiger partial charge in [-0.3, -0.25) is 9.78 Å². The van der Waals surface area contributed by atoms with E-state index in [1.54, 1.807) is 11.1 Å². The molecule has 0 saturated carbocycles. The fraction of sp³-hybridized carbons (Fsp3) is 0.300. The molecule has 1 aliphatic rings. The summed E-state index contributed by atoms with van der Waals surface area (Å²) in [4.78, 5) is 27.5. The second-order valence-electron chi connectivity index (χ2n) is 6.99. The number of pyridine rings is 1. The zero-order valence-electron chi connectivity index (χ0n) is 15.8. The maximum absolute atomic E-state index is 12.8. The number of fused-ring (bicyclic) bond motifs is 1. The molecule has 0 bridgehead atoms. The zero-order valence-corrected chi connectivity index (χ0v) is 15.8. The van der Waals surface area contributed by atoms with Crippen molar-refractivity contribution in [2.45, 2.75) is 25.1 Å². The van der Waals surface area contributed by atoms with E-state index in [2.05, 4.69) is 19.7 Å². The minimum Gasteiger partial charge on any atom is -0.406 e. The molecule has 0 radical (unpaired) electrons. The number of halogens is 3. The third kappa shape index (κ3) is 4.12. The minimum absolute atomic E-state index is 0.0603. The zero-order chi connectivity index (χ0) is 21.3. The average Bonchev–Trinajstić information content (AvgIpc) is 2.72. The van der Waals surface area contributed by atoms with Crippen molar-refractivity contribution in [3.05, 3.63) is 54.1 Å². The third-order valence-corrected chi connectivity index (χ3v) is 5.08. The quantitative estimate of drug-likeness (QED) is 0.656. The molecule has 2 aromatic heterocycles. The molecule has 0 aliphatic carbocycles. The highest BCUT2D eigenvalue weighted by Gasteiger charge is 2.32. The first-order chi connectivity index (χ1) is 14.3. The maximum atomic E-state index is 12.8. The number of benzene rings is 1. The standard InChI is InChI=1S/C20H18F3N5O2/c21-20(22,23)30-13-3-4-14(15(24)10-13)19(29)28-8-5-12(6-9-28)17-18-16(26-11-27-17)2-1-7-25-18/h1-4,7,10-12H,5-6,8-9,24H2. The number of hydrogen-bond acceptors (Lipinski definition) is 6. The number of nitrogen functional groups attached to an aromatic ring is 1. The number of anilines is 1. The van der Waals surface area contributed by atoms with E-state index in [4.69, 9.17) is 5.73 Å². The predicted octanol–water partition coefficient (Wildman–Crippen LogP) is 3.53. The van der Waals surface area contributed by atoms with Crippen LogP contribution in [0, 0.1) is 0 Å². The molecule has 0 unspecified atom stereocenters. The highest BCUT2D eigenvalue weighted by Crippen LogP contribution is 2.32. The van der Waals surface area contributed by atoms with Gasteiger partial charge < -0.3 is 15.4 Å². The Kier molecular flexibility index (Phi) is 5.15. The van der Waals surface area contributed by atoms with E-state index in [0.717, 1.165) is 28.9 Å². The number of piperidine rings is 1. The van der Waals surface area contributed by atoms with Gasteiger partial charge in [0.15, 0.2) is 0 Å². The van der Waals surface area contributed by atoms with Crippen LogP contribution in [-0.4, -0.2) is 45.2 Å². The van der Waals surface area contributed by atoms with Gasteiger partial charge in [0, 0.05) is 37.0 Å². The number of hydrogen-bond donors (Lipinski definition) is 1. The van der Waals surface area contributed by atoms with E-state index in [1.165, 1.54) is 12.4 Å². The fourth-order valence-electron chi connectivity index (χ4n) is 3.67. The molecule has 156 valence electrons. The topological polar surface area (TPSA) is 94.2 Å². The summed E-state index contributed by atoms with van der Waals surface area (Å²) in [6.45, 7) is 0.949. The number of alkyl halides is 3. The van der Waals surface area contributed by atoms with Crippen LogP contribution in [0.15, 0.2) is 42.9 Å². The second kappa shape index (κ2) is 7.77. The summed E-state index contributed by atoms with van der Waals surface area (Å²) < 4.78 is 40.9. The van der Waals surface area contributed by atoms with Crippen LogP contribution in [0.3, 0.4) is 0 Å². The molecule has 2 N–H and O–H groups in total. The third-order valence-electron chi connectivity index (χ3n) is 5.08. The first-order valence-corrected chi connectivity index (χ1v) is 9.32. The number of amides is 1. The number of carbonyl (C=O) groups is 1. The van der Waals surface area contributed by atoms with E-state index < -0.39 is 12.1 Å². The van der Waals surface area contributed by atoms with Gasteiger partial charge in [-0.05, 0) is 37.1 Å². The van der Waals surface area contributed by atoms with Crippen molar-refractivity contribution in [1.82, 2.24) is 19.9 Å². The molecule has 3 aromatic rings. The highest BCUT2D eigenvalue weighted by atomic mass is 19.4. The Bertz CT molecular complexity index is 1080. The Labute approximate surface area is 169 Å². The first-order valence-electron chi connectivity index (χ1n) is 9.32. The van der Waals surface area contributed by atoms with Crippen molar-refractivity contribution in [2.24, 2.45) is 0 Å². The monoisotopic (exact) mass is 417 g/mol. The van der Waals surface area contributed by atoms with Gasteiger partial charge in [0.1, 0.15) is 17.6 Å².